The van der Waals surface area contributed by atoms with Crippen molar-refractivity contribution in [2.45, 2.75) is 45.7 Å². The molecule has 0 aliphatic carbocycles. The number of likely N-dealkylation sites (tertiary alicyclic amines) is 1. The molecule has 2 aromatic rings. The van der Waals surface area contributed by atoms with Crippen LogP contribution in [0.3, 0.4) is 0 Å². The van der Waals surface area contributed by atoms with E-state index in [1.165, 1.54) is 22.9 Å². The fourth-order valence-electron chi connectivity index (χ4n) is 3.58. The highest BCUT2D eigenvalue weighted by atomic mass is 16.2. The molecule has 0 bridgehead atoms. The van der Waals surface area contributed by atoms with E-state index in [9.17, 15) is 14.4 Å². The van der Waals surface area contributed by atoms with E-state index >= 15 is 0 Å². The third-order valence-electron chi connectivity index (χ3n) is 5.13. The van der Waals surface area contributed by atoms with Crippen molar-refractivity contribution in [1.29, 1.82) is 0 Å². The first kappa shape index (κ1) is 19.9. The van der Waals surface area contributed by atoms with Gasteiger partial charge in [0.1, 0.15) is 6.54 Å². The quantitative estimate of drug-likeness (QED) is 0.842. The standard InChI is InChI=1S/C20H27N5O3/c1-14(17-12-23(3)22-15(17)2)21-20(28)16-7-8-18(26)25(11-16)13-19(27)24-9-5-4-6-10-24/h7-8,11-12,14H,4-6,9-10,13H2,1-3H3,(H,21,28)/t14-/m1/s1. The molecule has 1 saturated heterocycles. The largest absolute Gasteiger partial charge is 0.345 e. The summed E-state index contributed by atoms with van der Waals surface area (Å²) >= 11 is 0. The molecule has 8 heteroatoms. The van der Waals surface area contributed by atoms with E-state index in [0.29, 0.717) is 5.56 Å². The van der Waals surface area contributed by atoms with E-state index in [1.807, 2.05) is 27.1 Å². The molecule has 0 unspecified atom stereocenters. The van der Waals surface area contributed by atoms with Gasteiger partial charge in [0, 0.05) is 44.2 Å². The predicted molar refractivity (Wildman–Crippen MR) is 105 cm³/mol. The Morgan fingerprint density at radius 3 is 2.54 bits per heavy atom. The number of hydrogen-bond donors (Lipinski definition) is 1. The number of carbonyl (C=O) groups is 2. The van der Waals surface area contributed by atoms with Gasteiger partial charge in [-0.15, -0.1) is 0 Å². The monoisotopic (exact) mass is 385 g/mol. The summed E-state index contributed by atoms with van der Waals surface area (Å²) in [7, 11) is 1.83. The molecule has 1 N–H and O–H groups in total. The van der Waals surface area contributed by atoms with Crippen molar-refractivity contribution in [3.63, 3.8) is 0 Å². The highest BCUT2D eigenvalue weighted by molar-refractivity contribution is 5.94. The normalized spacial score (nSPS) is 15.3. The molecule has 0 radical (unpaired) electrons. The van der Waals surface area contributed by atoms with Gasteiger partial charge in [0.25, 0.3) is 11.5 Å². The van der Waals surface area contributed by atoms with Crippen LogP contribution in [0.15, 0.2) is 29.3 Å². The maximum absolute atomic E-state index is 12.6. The molecule has 2 amide bonds. The SMILES string of the molecule is Cc1nn(C)cc1[C@@H](C)NC(=O)c1ccc(=O)n(CC(=O)N2CCCCC2)c1. The zero-order valence-electron chi connectivity index (χ0n) is 16.6. The molecule has 0 saturated carbocycles. The summed E-state index contributed by atoms with van der Waals surface area (Å²) in [4.78, 5) is 39.0. The summed E-state index contributed by atoms with van der Waals surface area (Å²) < 4.78 is 3.02. The molecule has 3 rings (SSSR count). The maximum Gasteiger partial charge on any atom is 0.253 e. The first-order valence-corrected chi connectivity index (χ1v) is 9.64. The smallest absolute Gasteiger partial charge is 0.253 e. The fourth-order valence-corrected chi connectivity index (χ4v) is 3.58. The number of piperidine rings is 1. The molecule has 0 aromatic carbocycles. The topological polar surface area (TPSA) is 89.2 Å². The minimum atomic E-state index is -0.296. The van der Waals surface area contributed by atoms with Crippen LogP contribution in [-0.4, -0.2) is 44.2 Å². The van der Waals surface area contributed by atoms with Gasteiger partial charge in [0.15, 0.2) is 0 Å². The molecule has 1 atom stereocenters. The molecule has 0 spiro atoms. The van der Waals surface area contributed by atoms with Crippen molar-refractivity contribution in [2.24, 2.45) is 7.05 Å². The minimum Gasteiger partial charge on any atom is -0.345 e. The third kappa shape index (κ3) is 4.49. The summed E-state index contributed by atoms with van der Waals surface area (Å²) in [6.07, 6.45) is 6.46. The summed E-state index contributed by atoms with van der Waals surface area (Å²) in [6.45, 7) is 5.20. The van der Waals surface area contributed by atoms with Gasteiger partial charge in [-0.05, 0) is 39.2 Å². The zero-order valence-corrected chi connectivity index (χ0v) is 16.6. The van der Waals surface area contributed by atoms with Crippen LogP contribution in [0.2, 0.25) is 0 Å². The van der Waals surface area contributed by atoms with Gasteiger partial charge in [-0.3, -0.25) is 19.1 Å². The van der Waals surface area contributed by atoms with Gasteiger partial charge in [0.2, 0.25) is 5.91 Å². The van der Waals surface area contributed by atoms with Gasteiger partial charge in [-0.1, -0.05) is 0 Å². The molecule has 2 aromatic heterocycles. The van der Waals surface area contributed by atoms with E-state index in [0.717, 1.165) is 43.6 Å². The van der Waals surface area contributed by atoms with Crippen LogP contribution in [0.4, 0.5) is 0 Å². The third-order valence-corrected chi connectivity index (χ3v) is 5.13. The molecule has 1 aliphatic rings. The number of nitrogens with one attached hydrogen (secondary N) is 1. The van der Waals surface area contributed by atoms with Crippen molar-refractivity contribution in [1.82, 2.24) is 24.6 Å². The number of pyridine rings is 1. The Kier molecular flexibility index (Phi) is 5.96. The Morgan fingerprint density at radius 2 is 1.89 bits per heavy atom. The van der Waals surface area contributed by atoms with E-state index in [4.69, 9.17) is 0 Å². The Hall–Kier alpha value is -2.90. The number of aryl methyl sites for hydroxylation is 2. The van der Waals surface area contributed by atoms with Crippen molar-refractivity contribution in [3.05, 3.63) is 51.7 Å². The number of nitrogens with zero attached hydrogens (tertiary/aromatic N) is 4. The lowest BCUT2D eigenvalue weighted by atomic mass is 10.1. The van der Waals surface area contributed by atoms with E-state index in [-0.39, 0.29) is 30.0 Å². The van der Waals surface area contributed by atoms with Gasteiger partial charge in [-0.2, -0.15) is 5.10 Å². The van der Waals surface area contributed by atoms with Crippen molar-refractivity contribution in [3.8, 4) is 0 Å². The average molecular weight is 385 g/mol. The minimum absolute atomic E-state index is 0.0444. The molecule has 1 aliphatic heterocycles. The molecular formula is C20H27N5O3. The van der Waals surface area contributed by atoms with Crippen molar-refractivity contribution < 1.29 is 9.59 Å². The molecule has 150 valence electrons. The number of rotatable bonds is 5. The van der Waals surface area contributed by atoms with Crippen molar-refractivity contribution in [2.75, 3.05) is 13.1 Å². The van der Waals surface area contributed by atoms with E-state index < -0.39 is 0 Å². The van der Waals surface area contributed by atoms with E-state index in [2.05, 4.69) is 10.4 Å². The second-order valence-corrected chi connectivity index (χ2v) is 7.36. The lowest BCUT2D eigenvalue weighted by Crippen LogP contribution is -2.39. The number of aromatic nitrogens is 3. The highest BCUT2D eigenvalue weighted by Crippen LogP contribution is 2.16. The molecule has 28 heavy (non-hydrogen) atoms. The van der Waals surface area contributed by atoms with Crippen LogP contribution in [0, 0.1) is 6.92 Å². The number of carbonyl (C=O) groups excluding carboxylic acids is 2. The number of amides is 2. The van der Waals surface area contributed by atoms with Crippen molar-refractivity contribution >= 4 is 11.8 Å². The Morgan fingerprint density at radius 1 is 1.18 bits per heavy atom. The molecular weight excluding hydrogens is 358 g/mol. The lowest BCUT2D eigenvalue weighted by Gasteiger charge is -2.27. The van der Waals surface area contributed by atoms with Crippen LogP contribution >= 0.6 is 0 Å². The lowest BCUT2D eigenvalue weighted by molar-refractivity contribution is -0.132. The average Bonchev–Trinajstić information content (AvgIpc) is 3.02. The Bertz CT molecular complexity index is 924. The van der Waals surface area contributed by atoms with Crippen LogP contribution in [0.5, 0.6) is 0 Å². The van der Waals surface area contributed by atoms with Gasteiger partial charge in [-0.25, -0.2) is 0 Å². The second-order valence-electron chi connectivity index (χ2n) is 7.36. The summed E-state index contributed by atoms with van der Waals surface area (Å²) in [5.74, 6) is -0.381. The summed E-state index contributed by atoms with van der Waals surface area (Å²) in [6, 6.07) is 2.59. The fraction of sp³-hybridized carbons (Fsp3) is 0.500. The van der Waals surface area contributed by atoms with Gasteiger partial charge in [0.05, 0.1) is 17.3 Å². The van der Waals surface area contributed by atoms with Gasteiger partial charge < -0.3 is 14.8 Å². The highest BCUT2D eigenvalue weighted by Gasteiger charge is 2.19. The summed E-state index contributed by atoms with van der Waals surface area (Å²) in [5.41, 5.74) is 1.84. The Balaban J connectivity index is 1.71. The molecule has 3 heterocycles. The van der Waals surface area contributed by atoms with Gasteiger partial charge >= 0.3 is 0 Å². The zero-order chi connectivity index (χ0) is 20.3. The number of hydrogen-bond acceptors (Lipinski definition) is 4. The van der Waals surface area contributed by atoms with Crippen LogP contribution in [0.1, 0.15) is 53.8 Å². The summed E-state index contributed by atoms with van der Waals surface area (Å²) in [5, 5.41) is 7.22. The molecule has 8 nitrogen and oxygen atoms in total. The van der Waals surface area contributed by atoms with Crippen LogP contribution in [0.25, 0.3) is 0 Å². The van der Waals surface area contributed by atoms with E-state index in [1.54, 1.807) is 9.58 Å². The first-order chi connectivity index (χ1) is 13.3. The van der Waals surface area contributed by atoms with Crippen LogP contribution < -0.4 is 10.9 Å². The predicted octanol–water partition coefficient (Wildman–Crippen LogP) is 1.39. The first-order valence-electron chi connectivity index (χ1n) is 9.64. The maximum atomic E-state index is 12.6. The molecule has 1 fully saturated rings. The Labute approximate surface area is 164 Å². The van der Waals surface area contributed by atoms with Crippen LogP contribution in [-0.2, 0) is 18.4 Å². The second kappa shape index (κ2) is 8.41.